The minimum absolute atomic E-state index is 0.202. The highest BCUT2D eigenvalue weighted by atomic mass is 19.1. The van der Waals surface area contributed by atoms with Crippen molar-refractivity contribution in [3.8, 4) is 0 Å². The van der Waals surface area contributed by atoms with E-state index in [1.807, 2.05) is 6.07 Å². The van der Waals surface area contributed by atoms with Crippen LogP contribution in [0.3, 0.4) is 0 Å². The highest BCUT2D eigenvalue weighted by molar-refractivity contribution is 5.82. The third-order valence-electron chi connectivity index (χ3n) is 5.80. The summed E-state index contributed by atoms with van der Waals surface area (Å²) in [6.07, 6.45) is 3.90. The Morgan fingerprint density at radius 1 is 1.11 bits per heavy atom. The zero-order valence-corrected chi connectivity index (χ0v) is 15.2. The summed E-state index contributed by atoms with van der Waals surface area (Å²) >= 11 is 0. The summed E-state index contributed by atoms with van der Waals surface area (Å²) in [5.41, 5.74) is 1.87. The largest absolute Gasteiger partial charge is 0.312 e. The van der Waals surface area contributed by atoms with Gasteiger partial charge in [0.25, 0.3) is 0 Å². The third kappa shape index (κ3) is 3.11. The van der Waals surface area contributed by atoms with Crippen LogP contribution in [0, 0.1) is 5.82 Å². The van der Waals surface area contributed by atoms with Crippen LogP contribution in [0.25, 0.3) is 10.9 Å². The predicted octanol–water partition coefficient (Wildman–Crippen LogP) is 2.45. The molecular formula is C20H23FN6. The summed E-state index contributed by atoms with van der Waals surface area (Å²) in [6.45, 7) is 5.60. The number of likely N-dealkylation sites (tertiary alicyclic amines) is 1. The average molecular weight is 366 g/mol. The number of hydrogen-bond donors (Lipinski definition) is 1. The molecule has 3 aromatic rings. The monoisotopic (exact) mass is 366 g/mol. The van der Waals surface area contributed by atoms with Crippen molar-refractivity contribution in [2.75, 3.05) is 19.6 Å². The number of nitrogens with zero attached hydrogens (tertiary/aromatic N) is 5. The molecule has 1 saturated heterocycles. The fourth-order valence-electron chi connectivity index (χ4n) is 4.33. The predicted molar refractivity (Wildman–Crippen MR) is 101 cm³/mol. The van der Waals surface area contributed by atoms with Gasteiger partial charge in [-0.3, -0.25) is 9.88 Å². The number of hydrogen-bond acceptors (Lipinski definition) is 5. The van der Waals surface area contributed by atoms with E-state index in [4.69, 9.17) is 0 Å². The van der Waals surface area contributed by atoms with E-state index in [-0.39, 0.29) is 5.82 Å². The fraction of sp³-hybridized carbons (Fsp3) is 0.450. The molecule has 1 N–H and O–H groups in total. The molecule has 0 unspecified atom stereocenters. The van der Waals surface area contributed by atoms with Gasteiger partial charge in [-0.05, 0) is 49.7 Å². The molecule has 6 nitrogen and oxygen atoms in total. The van der Waals surface area contributed by atoms with Gasteiger partial charge in [0.15, 0.2) is 0 Å². The molecule has 0 amide bonds. The van der Waals surface area contributed by atoms with E-state index in [9.17, 15) is 4.39 Å². The number of aromatic nitrogens is 4. The van der Waals surface area contributed by atoms with Crippen LogP contribution in [0.5, 0.6) is 0 Å². The number of pyridine rings is 1. The van der Waals surface area contributed by atoms with Gasteiger partial charge in [-0.2, -0.15) is 0 Å². The molecule has 5 rings (SSSR count). The minimum atomic E-state index is -0.202. The molecule has 4 heterocycles. The van der Waals surface area contributed by atoms with Gasteiger partial charge in [0.2, 0.25) is 0 Å². The van der Waals surface area contributed by atoms with Gasteiger partial charge in [-0.15, -0.1) is 10.2 Å². The van der Waals surface area contributed by atoms with Crippen LogP contribution in [0.2, 0.25) is 0 Å². The van der Waals surface area contributed by atoms with Gasteiger partial charge in [-0.25, -0.2) is 4.39 Å². The topological polar surface area (TPSA) is 58.9 Å². The maximum absolute atomic E-state index is 14.0. The maximum Gasteiger partial charge on any atom is 0.147 e. The van der Waals surface area contributed by atoms with Crippen molar-refractivity contribution in [1.29, 1.82) is 0 Å². The zero-order valence-electron chi connectivity index (χ0n) is 15.2. The molecule has 7 heteroatoms. The first-order valence-corrected chi connectivity index (χ1v) is 9.67. The first-order valence-electron chi connectivity index (χ1n) is 9.67. The Hall–Kier alpha value is -2.38. The van der Waals surface area contributed by atoms with Crippen LogP contribution >= 0.6 is 0 Å². The second-order valence-corrected chi connectivity index (χ2v) is 7.46. The number of nitrogens with one attached hydrogen (secondary N) is 1. The number of benzene rings is 1. The summed E-state index contributed by atoms with van der Waals surface area (Å²) in [4.78, 5) is 6.85. The molecule has 2 aromatic heterocycles. The summed E-state index contributed by atoms with van der Waals surface area (Å²) in [5, 5.41) is 12.8. The van der Waals surface area contributed by atoms with Crippen molar-refractivity contribution in [3.05, 3.63) is 53.5 Å². The highest BCUT2D eigenvalue weighted by Gasteiger charge is 2.27. The Balaban J connectivity index is 1.29. The molecule has 0 aliphatic carbocycles. The molecule has 2 aliphatic heterocycles. The molecule has 2 aliphatic rings. The van der Waals surface area contributed by atoms with E-state index in [0.717, 1.165) is 74.8 Å². The van der Waals surface area contributed by atoms with Crippen LogP contribution in [0.1, 0.15) is 36.0 Å². The average Bonchev–Trinajstić information content (AvgIpc) is 3.15. The number of halogens is 1. The first-order chi connectivity index (χ1) is 13.3. The van der Waals surface area contributed by atoms with E-state index in [0.29, 0.717) is 11.3 Å². The SMILES string of the molecule is Fc1ccc(CN2CCC(c3nnc4n3CCNC4)CC2)c2ncccc12. The molecule has 0 atom stereocenters. The standard InChI is InChI=1S/C20H23FN6/c21-17-4-3-15(19-16(17)2-1-7-23-19)13-26-9-5-14(6-10-26)20-25-24-18-12-22-8-11-27(18)20/h1-4,7,14,22H,5-6,8-13H2. The van der Waals surface area contributed by atoms with Crippen LogP contribution in [0.15, 0.2) is 30.5 Å². The third-order valence-corrected chi connectivity index (χ3v) is 5.80. The van der Waals surface area contributed by atoms with E-state index < -0.39 is 0 Å². The summed E-state index contributed by atoms with van der Waals surface area (Å²) in [7, 11) is 0. The second kappa shape index (κ2) is 6.98. The van der Waals surface area contributed by atoms with E-state index in [1.165, 1.54) is 0 Å². The molecule has 0 radical (unpaired) electrons. The van der Waals surface area contributed by atoms with Crippen LogP contribution in [0.4, 0.5) is 4.39 Å². The van der Waals surface area contributed by atoms with Crippen LogP contribution in [-0.4, -0.2) is 44.3 Å². The summed E-state index contributed by atoms with van der Waals surface area (Å²) in [5.74, 6) is 2.48. The Labute approximate surface area is 157 Å². The number of rotatable bonds is 3. The Kier molecular flexibility index (Phi) is 4.33. The van der Waals surface area contributed by atoms with Gasteiger partial charge in [0.1, 0.15) is 17.5 Å². The second-order valence-electron chi connectivity index (χ2n) is 7.46. The fourth-order valence-corrected chi connectivity index (χ4v) is 4.33. The van der Waals surface area contributed by atoms with Crippen molar-refractivity contribution in [2.24, 2.45) is 0 Å². The minimum Gasteiger partial charge on any atom is -0.312 e. The normalized spacial score (nSPS) is 18.7. The van der Waals surface area contributed by atoms with Gasteiger partial charge >= 0.3 is 0 Å². The van der Waals surface area contributed by atoms with Crippen molar-refractivity contribution in [3.63, 3.8) is 0 Å². The zero-order chi connectivity index (χ0) is 18.2. The molecule has 0 spiro atoms. The van der Waals surface area contributed by atoms with E-state index in [2.05, 4.69) is 30.0 Å². The first kappa shape index (κ1) is 16.8. The lowest BCUT2D eigenvalue weighted by Gasteiger charge is -2.32. The van der Waals surface area contributed by atoms with Crippen molar-refractivity contribution < 1.29 is 4.39 Å². The molecular weight excluding hydrogens is 343 g/mol. The molecule has 140 valence electrons. The Morgan fingerprint density at radius 3 is 2.89 bits per heavy atom. The molecule has 0 saturated carbocycles. The van der Waals surface area contributed by atoms with Crippen molar-refractivity contribution in [1.82, 2.24) is 30.0 Å². The maximum atomic E-state index is 14.0. The van der Waals surface area contributed by atoms with E-state index in [1.54, 1.807) is 24.4 Å². The molecule has 1 aromatic carbocycles. The number of piperidine rings is 1. The smallest absolute Gasteiger partial charge is 0.147 e. The Bertz CT molecular complexity index is 960. The Morgan fingerprint density at radius 2 is 2.00 bits per heavy atom. The van der Waals surface area contributed by atoms with Gasteiger partial charge in [0, 0.05) is 37.1 Å². The molecule has 0 bridgehead atoms. The van der Waals surface area contributed by atoms with Gasteiger partial charge in [0.05, 0.1) is 12.1 Å². The molecule has 1 fully saturated rings. The lowest BCUT2D eigenvalue weighted by molar-refractivity contribution is 0.200. The summed E-state index contributed by atoms with van der Waals surface area (Å²) < 4.78 is 16.3. The van der Waals surface area contributed by atoms with Gasteiger partial charge < -0.3 is 9.88 Å². The van der Waals surface area contributed by atoms with Gasteiger partial charge in [-0.1, -0.05) is 6.07 Å². The quantitative estimate of drug-likeness (QED) is 0.772. The van der Waals surface area contributed by atoms with Crippen LogP contribution < -0.4 is 5.32 Å². The van der Waals surface area contributed by atoms with E-state index >= 15 is 0 Å². The highest BCUT2D eigenvalue weighted by Crippen LogP contribution is 2.29. The lowest BCUT2D eigenvalue weighted by atomic mass is 9.95. The number of fused-ring (bicyclic) bond motifs is 2. The molecule has 27 heavy (non-hydrogen) atoms. The lowest BCUT2D eigenvalue weighted by Crippen LogP contribution is -2.34. The van der Waals surface area contributed by atoms with Crippen molar-refractivity contribution >= 4 is 10.9 Å². The summed E-state index contributed by atoms with van der Waals surface area (Å²) in [6, 6.07) is 7.02. The van der Waals surface area contributed by atoms with Crippen LogP contribution in [-0.2, 0) is 19.6 Å². The van der Waals surface area contributed by atoms with Crippen molar-refractivity contribution in [2.45, 2.75) is 38.4 Å².